The van der Waals surface area contributed by atoms with Crippen molar-refractivity contribution in [3.63, 3.8) is 0 Å². The molecule has 1 aliphatic rings. The summed E-state index contributed by atoms with van der Waals surface area (Å²) in [5.41, 5.74) is -0.616. The Morgan fingerprint density at radius 2 is 2.11 bits per heavy atom. The summed E-state index contributed by atoms with van der Waals surface area (Å²) in [4.78, 5) is 8.85. The first-order chi connectivity index (χ1) is 3.86. The van der Waals surface area contributed by atoms with E-state index in [2.05, 4.69) is 0 Å². The maximum absolute atomic E-state index is 10.8. The van der Waals surface area contributed by atoms with Crippen LogP contribution in [0.4, 0.5) is 0 Å². The van der Waals surface area contributed by atoms with Crippen LogP contribution in [-0.2, 0) is 9.09 Å². The minimum absolute atomic E-state index is 0.218. The summed E-state index contributed by atoms with van der Waals surface area (Å²) >= 11 is 0. The molecule has 1 fully saturated rings. The van der Waals surface area contributed by atoms with Gasteiger partial charge in [-0.2, -0.15) is 0 Å². The maximum Gasteiger partial charge on any atom is 0.334 e. The summed E-state index contributed by atoms with van der Waals surface area (Å²) in [6, 6.07) is 0. The average Bonchev–Trinajstić information content (AvgIpc) is 1.63. The van der Waals surface area contributed by atoms with Gasteiger partial charge in [0, 0.05) is 0 Å². The highest BCUT2D eigenvalue weighted by molar-refractivity contribution is 7.55. The first-order valence-corrected chi connectivity index (χ1v) is 4.54. The lowest BCUT2D eigenvalue weighted by Crippen LogP contribution is -2.46. The minimum atomic E-state index is -3.18. The van der Waals surface area contributed by atoms with Crippen LogP contribution in [0.2, 0.25) is 0 Å². The summed E-state index contributed by atoms with van der Waals surface area (Å²) in [6.45, 7) is 5.35. The summed E-state index contributed by atoms with van der Waals surface area (Å²) in [5, 5.41) is 0. The molecule has 0 amide bonds. The predicted molar refractivity (Wildman–Crippen MR) is 34.5 cm³/mol. The van der Waals surface area contributed by atoms with Gasteiger partial charge in [-0.25, -0.2) is 0 Å². The zero-order valence-corrected chi connectivity index (χ0v) is 6.68. The molecule has 0 aromatic heterocycles. The first kappa shape index (κ1) is 7.26. The number of rotatable bonds is 0. The second-order valence-electron chi connectivity index (χ2n) is 2.93. The lowest BCUT2D eigenvalue weighted by atomic mass is 10.1. The normalized spacial score (nSPS) is 48.2. The molecule has 0 aliphatic carbocycles. The zero-order valence-electron chi connectivity index (χ0n) is 5.79. The molecule has 0 aromatic carbocycles. The van der Waals surface area contributed by atoms with Crippen molar-refractivity contribution in [1.29, 1.82) is 0 Å². The van der Waals surface area contributed by atoms with E-state index in [4.69, 9.17) is 9.42 Å². The van der Waals surface area contributed by atoms with Crippen LogP contribution in [0.5, 0.6) is 0 Å². The van der Waals surface area contributed by atoms with Crippen molar-refractivity contribution in [1.82, 2.24) is 0 Å². The molecule has 0 spiro atoms. The highest BCUT2D eigenvalue weighted by atomic mass is 31.2. The van der Waals surface area contributed by atoms with Crippen molar-refractivity contribution >= 4 is 7.60 Å². The fraction of sp³-hybridized carbons (Fsp3) is 1.00. The Bertz CT molecular complexity index is 175. The van der Waals surface area contributed by atoms with Crippen LogP contribution in [0, 0.1) is 0 Å². The van der Waals surface area contributed by atoms with Gasteiger partial charge in [0.2, 0.25) is 0 Å². The van der Waals surface area contributed by atoms with Gasteiger partial charge in [-0.1, -0.05) is 0 Å². The molecule has 4 heteroatoms. The minimum Gasteiger partial charge on any atom is -0.324 e. The molecule has 3 nitrogen and oxygen atoms in total. The van der Waals surface area contributed by atoms with Crippen molar-refractivity contribution in [3.8, 4) is 0 Å². The SMILES string of the molecule is CC1C(C)(C)OP1(=O)O. The summed E-state index contributed by atoms with van der Waals surface area (Å²) in [7, 11) is -3.18. The monoisotopic (exact) mass is 150 g/mol. The molecule has 0 saturated carbocycles. The second kappa shape index (κ2) is 1.60. The zero-order chi connectivity index (χ0) is 7.28. The van der Waals surface area contributed by atoms with Gasteiger partial charge in [0.15, 0.2) is 0 Å². The van der Waals surface area contributed by atoms with Crippen molar-refractivity contribution < 1.29 is 14.0 Å². The van der Waals surface area contributed by atoms with Crippen LogP contribution in [-0.4, -0.2) is 16.2 Å². The van der Waals surface area contributed by atoms with Gasteiger partial charge in [0.1, 0.15) is 0 Å². The van der Waals surface area contributed by atoms with Gasteiger partial charge in [0.25, 0.3) is 0 Å². The Morgan fingerprint density at radius 3 is 2.11 bits per heavy atom. The van der Waals surface area contributed by atoms with Crippen molar-refractivity contribution in [2.45, 2.75) is 32.0 Å². The van der Waals surface area contributed by atoms with E-state index in [-0.39, 0.29) is 5.66 Å². The molecule has 1 saturated heterocycles. The van der Waals surface area contributed by atoms with E-state index >= 15 is 0 Å². The second-order valence-corrected chi connectivity index (χ2v) is 5.02. The van der Waals surface area contributed by atoms with E-state index in [0.717, 1.165) is 0 Å². The van der Waals surface area contributed by atoms with Crippen molar-refractivity contribution in [3.05, 3.63) is 0 Å². The van der Waals surface area contributed by atoms with Crippen LogP contribution in [0.15, 0.2) is 0 Å². The van der Waals surface area contributed by atoms with E-state index in [9.17, 15) is 4.57 Å². The Morgan fingerprint density at radius 1 is 1.67 bits per heavy atom. The standard InChI is InChI=1S/C5H11O3P/c1-4-5(2,3)8-9(4,6)7/h4H,1-3H3,(H,6,7). The molecule has 1 N–H and O–H groups in total. The quantitative estimate of drug-likeness (QED) is 0.530. The summed E-state index contributed by atoms with van der Waals surface area (Å²) < 4.78 is 15.5. The molecule has 2 atom stereocenters. The highest BCUT2D eigenvalue weighted by Crippen LogP contribution is 2.64. The van der Waals surface area contributed by atoms with Gasteiger partial charge >= 0.3 is 7.60 Å². The molecular weight excluding hydrogens is 139 g/mol. The molecule has 0 bridgehead atoms. The van der Waals surface area contributed by atoms with E-state index in [1.54, 1.807) is 6.92 Å². The molecular formula is C5H11O3P. The number of hydrogen-bond donors (Lipinski definition) is 1. The van der Waals surface area contributed by atoms with Crippen molar-refractivity contribution in [2.24, 2.45) is 0 Å². The predicted octanol–water partition coefficient (Wildman–Crippen LogP) is 1.37. The smallest absolute Gasteiger partial charge is 0.324 e. The fourth-order valence-electron chi connectivity index (χ4n) is 0.836. The molecule has 54 valence electrons. The van der Waals surface area contributed by atoms with Crippen molar-refractivity contribution in [2.75, 3.05) is 0 Å². The van der Waals surface area contributed by atoms with Gasteiger partial charge in [-0.3, -0.25) is 4.57 Å². The molecule has 2 unspecified atom stereocenters. The van der Waals surface area contributed by atoms with Crippen LogP contribution >= 0.6 is 7.60 Å². The third kappa shape index (κ3) is 0.936. The van der Waals surface area contributed by atoms with Crippen LogP contribution in [0.1, 0.15) is 20.8 Å². The van der Waals surface area contributed by atoms with Gasteiger partial charge < -0.3 is 9.42 Å². The van der Waals surface area contributed by atoms with Crippen LogP contribution in [0.25, 0.3) is 0 Å². The molecule has 1 rings (SSSR count). The lowest BCUT2D eigenvalue weighted by molar-refractivity contribution is 0.0221. The van der Waals surface area contributed by atoms with E-state index < -0.39 is 13.2 Å². The summed E-state index contributed by atoms with van der Waals surface area (Å²) in [6.07, 6.45) is 0. The van der Waals surface area contributed by atoms with Gasteiger partial charge in [-0.05, 0) is 20.8 Å². The van der Waals surface area contributed by atoms with E-state index in [0.29, 0.717) is 0 Å². The average molecular weight is 150 g/mol. The van der Waals surface area contributed by atoms with E-state index in [1.165, 1.54) is 0 Å². The lowest BCUT2D eigenvalue weighted by Gasteiger charge is -2.45. The molecule has 9 heavy (non-hydrogen) atoms. The van der Waals surface area contributed by atoms with Gasteiger partial charge in [0.05, 0.1) is 11.3 Å². The van der Waals surface area contributed by atoms with Crippen LogP contribution < -0.4 is 0 Å². The molecule has 1 heterocycles. The van der Waals surface area contributed by atoms with Crippen LogP contribution in [0.3, 0.4) is 0 Å². The van der Waals surface area contributed by atoms with E-state index in [1.807, 2.05) is 13.8 Å². The maximum atomic E-state index is 10.8. The molecule has 1 aliphatic heterocycles. The first-order valence-electron chi connectivity index (χ1n) is 2.89. The van der Waals surface area contributed by atoms with Gasteiger partial charge in [-0.15, -0.1) is 0 Å². The summed E-state index contributed by atoms with van der Waals surface area (Å²) in [5.74, 6) is 0. The third-order valence-electron chi connectivity index (χ3n) is 1.86. The molecule has 0 aromatic rings. The Balaban J connectivity index is 2.73. The highest BCUT2D eigenvalue weighted by Gasteiger charge is 2.54. The largest absolute Gasteiger partial charge is 0.334 e. The Hall–Kier alpha value is 0.150. The fourth-order valence-corrected chi connectivity index (χ4v) is 2.51. The molecule has 0 radical (unpaired) electrons. The Kier molecular flexibility index (Phi) is 1.29. The topological polar surface area (TPSA) is 46.5 Å². The Labute approximate surface area is 54.6 Å². The third-order valence-corrected chi connectivity index (χ3v) is 4.19. The number of hydrogen-bond acceptors (Lipinski definition) is 2.